The van der Waals surface area contributed by atoms with Crippen molar-refractivity contribution in [3.05, 3.63) is 47.4 Å². The van der Waals surface area contributed by atoms with Crippen LogP contribution in [0.15, 0.2) is 41.7 Å². The van der Waals surface area contributed by atoms with E-state index in [1.54, 1.807) is 6.07 Å². The van der Waals surface area contributed by atoms with Gasteiger partial charge in [0, 0.05) is 10.9 Å². The van der Waals surface area contributed by atoms with Crippen LogP contribution >= 0.6 is 11.6 Å². The average Bonchev–Trinajstić information content (AvgIpc) is 2.86. The normalized spacial score (nSPS) is 11.8. The van der Waals surface area contributed by atoms with Gasteiger partial charge < -0.3 is 9.72 Å². The number of para-hydroxylation sites is 1. The summed E-state index contributed by atoms with van der Waals surface area (Å²) < 4.78 is 17.3. The molecule has 0 radical (unpaired) electrons. The number of nitrogens with one attached hydrogen (secondary N) is 1. The third-order valence-corrected chi connectivity index (χ3v) is 3.03. The van der Waals surface area contributed by atoms with Crippen LogP contribution in [0.5, 0.6) is 0 Å². The van der Waals surface area contributed by atoms with Crippen LogP contribution in [0.3, 0.4) is 0 Å². The summed E-state index contributed by atoms with van der Waals surface area (Å²) in [6.07, 6.45) is 3.24. The fourth-order valence-electron chi connectivity index (χ4n) is 1.88. The molecule has 1 N–H and O–H groups in total. The molecule has 0 aliphatic heterocycles. The highest BCUT2D eigenvalue weighted by molar-refractivity contribution is 6.28. The molecule has 1 aromatic carbocycles. The molecule has 3 nitrogen and oxygen atoms in total. The van der Waals surface area contributed by atoms with E-state index in [1.165, 1.54) is 6.08 Å². The van der Waals surface area contributed by atoms with Crippen molar-refractivity contribution in [2.45, 2.75) is 19.3 Å². The lowest BCUT2D eigenvalue weighted by Gasteiger charge is -2.02. The summed E-state index contributed by atoms with van der Waals surface area (Å²) in [7, 11) is 0. The monoisotopic (exact) mass is 295 g/mol. The number of hydrogen-bond donors (Lipinski definition) is 1. The SMILES string of the molecule is O=C(OCCCC/C=C(/F)Cl)c1cc2ccccc2[nH]1. The first-order valence-electron chi connectivity index (χ1n) is 6.43. The second-order valence-corrected chi connectivity index (χ2v) is 4.76. The fraction of sp³-hybridized carbons (Fsp3) is 0.267. The van der Waals surface area contributed by atoms with Crippen LogP contribution in [0.25, 0.3) is 10.9 Å². The van der Waals surface area contributed by atoms with Crippen molar-refractivity contribution in [2.75, 3.05) is 6.61 Å². The van der Waals surface area contributed by atoms with Crippen molar-refractivity contribution < 1.29 is 13.9 Å². The highest BCUT2D eigenvalue weighted by Crippen LogP contribution is 2.15. The molecule has 0 saturated carbocycles. The molecule has 1 heterocycles. The maximum absolute atomic E-state index is 12.2. The number of rotatable bonds is 6. The highest BCUT2D eigenvalue weighted by Gasteiger charge is 2.10. The van der Waals surface area contributed by atoms with Crippen molar-refractivity contribution in [3.63, 3.8) is 0 Å². The molecule has 0 saturated heterocycles. The zero-order valence-electron chi connectivity index (χ0n) is 10.9. The Morgan fingerprint density at radius 2 is 2.15 bits per heavy atom. The number of H-pyrrole nitrogens is 1. The number of benzene rings is 1. The summed E-state index contributed by atoms with van der Waals surface area (Å²) in [5.41, 5.74) is 1.35. The Morgan fingerprint density at radius 3 is 2.90 bits per heavy atom. The summed E-state index contributed by atoms with van der Waals surface area (Å²) in [5, 5.41) is 0.280. The molecule has 5 heteroatoms. The van der Waals surface area contributed by atoms with Crippen LogP contribution in [-0.4, -0.2) is 17.6 Å². The molecule has 0 bridgehead atoms. The van der Waals surface area contributed by atoms with Crippen molar-refractivity contribution in [1.82, 2.24) is 4.98 Å². The second-order valence-electron chi connectivity index (χ2n) is 4.40. The van der Waals surface area contributed by atoms with Crippen molar-refractivity contribution in [3.8, 4) is 0 Å². The molecule has 20 heavy (non-hydrogen) atoms. The first-order chi connectivity index (χ1) is 9.66. The Bertz CT molecular complexity index is 584. The van der Waals surface area contributed by atoms with E-state index in [0.29, 0.717) is 25.1 Å². The Morgan fingerprint density at radius 1 is 1.35 bits per heavy atom. The van der Waals surface area contributed by atoms with Crippen molar-refractivity contribution in [1.29, 1.82) is 0 Å². The van der Waals surface area contributed by atoms with Gasteiger partial charge in [-0.15, -0.1) is 0 Å². The van der Waals surface area contributed by atoms with Gasteiger partial charge >= 0.3 is 5.97 Å². The Hall–Kier alpha value is -1.81. The molecule has 106 valence electrons. The van der Waals surface area contributed by atoms with Gasteiger partial charge in [-0.1, -0.05) is 29.8 Å². The summed E-state index contributed by atoms with van der Waals surface area (Å²) in [5.74, 6) is -0.375. The lowest BCUT2D eigenvalue weighted by atomic mass is 10.2. The first kappa shape index (κ1) is 14.6. The quantitative estimate of drug-likeness (QED) is 0.628. The van der Waals surface area contributed by atoms with Gasteiger partial charge in [-0.05, 0) is 37.5 Å². The molecule has 0 fully saturated rings. The van der Waals surface area contributed by atoms with Crippen LogP contribution in [0.4, 0.5) is 4.39 Å². The van der Waals surface area contributed by atoms with E-state index in [9.17, 15) is 9.18 Å². The number of esters is 1. The zero-order chi connectivity index (χ0) is 14.4. The fourth-order valence-corrected chi connectivity index (χ4v) is 1.99. The smallest absolute Gasteiger partial charge is 0.354 e. The van der Waals surface area contributed by atoms with E-state index in [4.69, 9.17) is 16.3 Å². The topological polar surface area (TPSA) is 42.1 Å². The molecule has 0 unspecified atom stereocenters. The number of ether oxygens (including phenoxy) is 1. The molecule has 1 aromatic heterocycles. The summed E-state index contributed by atoms with van der Waals surface area (Å²) in [6, 6.07) is 9.41. The minimum atomic E-state index is -0.694. The molecule has 0 spiro atoms. The van der Waals surface area contributed by atoms with E-state index >= 15 is 0 Å². The van der Waals surface area contributed by atoms with Gasteiger partial charge in [-0.25, -0.2) is 4.79 Å². The van der Waals surface area contributed by atoms with E-state index < -0.39 is 5.29 Å². The maximum Gasteiger partial charge on any atom is 0.354 e. The number of aromatic nitrogens is 1. The average molecular weight is 296 g/mol. The van der Waals surface area contributed by atoms with Crippen LogP contribution < -0.4 is 0 Å². The van der Waals surface area contributed by atoms with Gasteiger partial charge in [-0.2, -0.15) is 4.39 Å². The number of carbonyl (C=O) groups excluding carboxylic acids is 1. The number of hydrogen-bond acceptors (Lipinski definition) is 2. The zero-order valence-corrected chi connectivity index (χ0v) is 11.6. The van der Waals surface area contributed by atoms with Gasteiger partial charge in [0.05, 0.1) is 6.61 Å². The van der Waals surface area contributed by atoms with Crippen LogP contribution in [0.2, 0.25) is 0 Å². The third-order valence-electron chi connectivity index (χ3n) is 2.88. The Kier molecular flexibility index (Phi) is 5.18. The molecular weight excluding hydrogens is 281 g/mol. The van der Waals surface area contributed by atoms with Gasteiger partial charge in [0.1, 0.15) is 5.69 Å². The van der Waals surface area contributed by atoms with Gasteiger partial charge in [0.2, 0.25) is 0 Å². The molecular formula is C15H15ClFNO2. The van der Waals surface area contributed by atoms with E-state index in [0.717, 1.165) is 17.3 Å². The lowest BCUT2D eigenvalue weighted by molar-refractivity contribution is 0.0493. The van der Waals surface area contributed by atoms with Crippen molar-refractivity contribution >= 4 is 28.5 Å². The highest BCUT2D eigenvalue weighted by atomic mass is 35.5. The number of halogens is 2. The third kappa shape index (κ3) is 4.10. The predicted octanol–water partition coefficient (Wildman–Crippen LogP) is 4.54. The first-order valence-corrected chi connectivity index (χ1v) is 6.80. The number of aromatic amines is 1. The van der Waals surface area contributed by atoms with Crippen LogP contribution in [-0.2, 0) is 4.74 Å². The van der Waals surface area contributed by atoms with E-state index in [-0.39, 0.29) is 5.97 Å². The maximum atomic E-state index is 12.2. The molecule has 0 aliphatic carbocycles. The van der Waals surface area contributed by atoms with E-state index in [2.05, 4.69) is 4.98 Å². The molecule has 0 aliphatic rings. The largest absolute Gasteiger partial charge is 0.461 e. The summed E-state index contributed by atoms with van der Waals surface area (Å²) >= 11 is 5.06. The number of allylic oxidation sites excluding steroid dienone is 1. The minimum absolute atomic E-state index is 0.311. The van der Waals surface area contributed by atoms with Gasteiger partial charge in [0.25, 0.3) is 0 Å². The molecule has 2 rings (SSSR count). The van der Waals surface area contributed by atoms with Crippen LogP contribution in [0.1, 0.15) is 29.8 Å². The number of unbranched alkanes of at least 4 members (excludes halogenated alkanes) is 2. The van der Waals surface area contributed by atoms with E-state index in [1.807, 2.05) is 24.3 Å². The molecule has 0 amide bonds. The number of fused-ring (bicyclic) bond motifs is 1. The van der Waals surface area contributed by atoms with Gasteiger partial charge in [-0.3, -0.25) is 0 Å². The van der Waals surface area contributed by atoms with Crippen molar-refractivity contribution in [2.24, 2.45) is 0 Å². The summed E-state index contributed by atoms with van der Waals surface area (Å²) in [4.78, 5) is 14.8. The standard InChI is InChI=1S/C15H15ClFNO2/c16-14(17)8-2-1-5-9-20-15(19)13-10-11-6-3-4-7-12(11)18-13/h3-4,6-8,10,18H,1-2,5,9H2/b14-8+. The summed E-state index contributed by atoms with van der Waals surface area (Å²) in [6.45, 7) is 0.311. The molecule has 2 aromatic rings. The second kappa shape index (κ2) is 7.10. The molecule has 0 atom stereocenters. The predicted molar refractivity (Wildman–Crippen MR) is 77.5 cm³/mol. The Labute approximate surface area is 121 Å². The lowest BCUT2D eigenvalue weighted by Crippen LogP contribution is -2.06. The Balaban J connectivity index is 1.79. The van der Waals surface area contributed by atoms with Gasteiger partial charge in [0.15, 0.2) is 5.29 Å². The van der Waals surface area contributed by atoms with Crippen LogP contribution in [0, 0.1) is 0 Å². The minimum Gasteiger partial charge on any atom is -0.461 e. The number of carbonyl (C=O) groups is 1.